The van der Waals surface area contributed by atoms with Crippen LogP contribution >= 0.6 is 11.6 Å². The number of aliphatic carboxylic acids is 1. The molecule has 3 rings (SSSR count). The molecule has 0 unspecified atom stereocenters. The maximum Gasteiger partial charge on any atom is 0.319 e. The number of carboxylic acid groups (broad SMARTS) is 1. The highest BCUT2D eigenvalue weighted by molar-refractivity contribution is 6.31. The van der Waals surface area contributed by atoms with Gasteiger partial charge in [-0.1, -0.05) is 36.7 Å². The van der Waals surface area contributed by atoms with Crippen LogP contribution in [-0.4, -0.2) is 40.0 Å². The Hall–Kier alpha value is -4.18. The van der Waals surface area contributed by atoms with Crippen LogP contribution in [0.15, 0.2) is 47.3 Å². The van der Waals surface area contributed by atoms with Gasteiger partial charge in [-0.25, -0.2) is 4.79 Å². The molecule has 214 valence electrons. The molecule has 0 saturated carbocycles. The minimum absolute atomic E-state index is 0.0368. The number of amides is 2. The summed E-state index contributed by atoms with van der Waals surface area (Å²) in [5.41, 5.74) is 1.07. The number of nitrogens with one attached hydrogen (secondary N) is 2. The minimum atomic E-state index is -1.13. The second kappa shape index (κ2) is 13.7. The number of nitrogens with zero attached hydrogens (tertiary/aromatic N) is 1. The van der Waals surface area contributed by atoms with Crippen LogP contribution in [0.3, 0.4) is 0 Å². The first-order valence-corrected chi connectivity index (χ1v) is 13.4. The van der Waals surface area contributed by atoms with Crippen LogP contribution in [0.5, 0.6) is 17.2 Å². The molecule has 1 aromatic heterocycles. The summed E-state index contributed by atoms with van der Waals surface area (Å²) in [5.74, 6) is -0.444. The fraction of sp³-hybridized carbons (Fsp3) is 0.345. The lowest BCUT2D eigenvalue weighted by molar-refractivity contribution is -0.137. The van der Waals surface area contributed by atoms with Crippen LogP contribution in [0, 0.1) is 6.92 Å². The fourth-order valence-electron chi connectivity index (χ4n) is 4.46. The van der Waals surface area contributed by atoms with Crippen molar-refractivity contribution in [3.05, 3.63) is 80.2 Å². The third-order valence-corrected chi connectivity index (χ3v) is 6.72. The number of rotatable bonds is 12. The molecule has 0 saturated heterocycles. The minimum Gasteiger partial charge on any atom is -0.505 e. The number of aromatic nitrogens is 1. The normalized spacial score (nSPS) is 11.5. The van der Waals surface area contributed by atoms with Crippen molar-refractivity contribution in [2.75, 3.05) is 18.5 Å². The molecule has 0 aliphatic carbocycles. The SMILES string of the molecule is CCOc1cccc([C@H](CC(=O)O)NC(=O)Nc2c(O)c(CC)c(C)n(Cc3c(Cl)cccc3OCC)c2=O)c1. The van der Waals surface area contributed by atoms with E-state index in [4.69, 9.17) is 21.1 Å². The first-order valence-electron chi connectivity index (χ1n) is 13.0. The van der Waals surface area contributed by atoms with E-state index < -0.39 is 30.0 Å². The van der Waals surface area contributed by atoms with Gasteiger partial charge in [-0.3, -0.25) is 9.59 Å². The number of hydrogen-bond donors (Lipinski definition) is 4. The number of carboxylic acids is 1. The number of aromatic hydroxyl groups is 1. The van der Waals surface area contributed by atoms with E-state index in [-0.39, 0.29) is 18.0 Å². The van der Waals surface area contributed by atoms with Gasteiger partial charge in [0.25, 0.3) is 5.56 Å². The summed E-state index contributed by atoms with van der Waals surface area (Å²) < 4.78 is 12.6. The van der Waals surface area contributed by atoms with Crippen LogP contribution in [-0.2, 0) is 17.8 Å². The van der Waals surface area contributed by atoms with Crippen molar-refractivity contribution >= 4 is 29.3 Å². The van der Waals surface area contributed by atoms with Crippen molar-refractivity contribution in [3.8, 4) is 17.2 Å². The molecule has 10 nitrogen and oxygen atoms in total. The summed E-state index contributed by atoms with van der Waals surface area (Å²) in [5, 5.41) is 25.9. The summed E-state index contributed by atoms with van der Waals surface area (Å²) >= 11 is 6.46. The summed E-state index contributed by atoms with van der Waals surface area (Å²) in [6.45, 7) is 8.03. The Morgan fingerprint density at radius 3 is 2.40 bits per heavy atom. The quantitative estimate of drug-likeness (QED) is 0.232. The van der Waals surface area contributed by atoms with E-state index in [1.165, 1.54) is 4.57 Å². The number of urea groups is 1. The molecule has 1 heterocycles. The van der Waals surface area contributed by atoms with Gasteiger partial charge in [-0.2, -0.15) is 0 Å². The van der Waals surface area contributed by atoms with E-state index in [1.54, 1.807) is 49.4 Å². The van der Waals surface area contributed by atoms with Crippen LogP contribution in [0.2, 0.25) is 5.02 Å². The van der Waals surface area contributed by atoms with Crippen molar-refractivity contribution < 1.29 is 29.3 Å². The van der Waals surface area contributed by atoms with Crippen LogP contribution in [0.25, 0.3) is 0 Å². The highest BCUT2D eigenvalue weighted by Gasteiger charge is 2.24. The highest BCUT2D eigenvalue weighted by Crippen LogP contribution is 2.31. The van der Waals surface area contributed by atoms with Gasteiger partial charge in [0.15, 0.2) is 5.69 Å². The second-order valence-electron chi connectivity index (χ2n) is 8.94. The molecule has 0 aliphatic heterocycles. The number of pyridine rings is 1. The first-order chi connectivity index (χ1) is 19.1. The van der Waals surface area contributed by atoms with Crippen molar-refractivity contribution in [2.24, 2.45) is 0 Å². The largest absolute Gasteiger partial charge is 0.505 e. The number of ether oxygens (including phenoxy) is 2. The zero-order valence-electron chi connectivity index (χ0n) is 22.9. The molecule has 0 radical (unpaired) electrons. The van der Waals surface area contributed by atoms with Crippen LogP contribution in [0.1, 0.15) is 55.6 Å². The zero-order chi connectivity index (χ0) is 29.4. The lowest BCUT2D eigenvalue weighted by Gasteiger charge is -2.22. The third kappa shape index (κ3) is 7.06. The maximum absolute atomic E-state index is 13.6. The van der Waals surface area contributed by atoms with Crippen LogP contribution in [0.4, 0.5) is 10.5 Å². The molecule has 3 aromatic rings. The van der Waals surface area contributed by atoms with Gasteiger partial charge in [0.05, 0.1) is 32.2 Å². The van der Waals surface area contributed by atoms with Crippen molar-refractivity contribution in [1.29, 1.82) is 0 Å². The zero-order valence-corrected chi connectivity index (χ0v) is 23.7. The van der Waals surface area contributed by atoms with E-state index in [0.717, 1.165) is 0 Å². The number of anilines is 1. The number of halogens is 1. The van der Waals surface area contributed by atoms with Gasteiger partial charge in [0.2, 0.25) is 0 Å². The lowest BCUT2D eigenvalue weighted by atomic mass is 10.0. The summed E-state index contributed by atoms with van der Waals surface area (Å²) in [6, 6.07) is 10.1. The van der Waals surface area contributed by atoms with Gasteiger partial charge in [0.1, 0.15) is 17.2 Å². The third-order valence-electron chi connectivity index (χ3n) is 6.36. The average molecular weight is 572 g/mol. The number of carbonyl (C=O) groups is 2. The monoisotopic (exact) mass is 571 g/mol. The van der Waals surface area contributed by atoms with E-state index in [1.807, 2.05) is 20.8 Å². The molecule has 2 amide bonds. The molecule has 0 bridgehead atoms. The molecule has 40 heavy (non-hydrogen) atoms. The van der Waals surface area contributed by atoms with Crippen molar-refractivity contribution in [2.45, 2.75) is 53.1 Å². The van der Waals surface area contributed by atoms with Gasteiger partial charge in [0, 0.05) is 21.8 Å². The smallest absolute Gasteiger partial charge is 0.319 e. The Morgan fingerprint density at radius 1 is 1.05 bits per heavy atom. The van der Waals surface area contributed by atoms with Crippen LogP contribution < -0.4 is 25.7 Å². The number of hydrogen-bond acceptors (Lipinski definition) is 6. The van der Waals surface area contributed by atoms with Gasteiger partial charge >= 0.3 is 12.0 Å². The molecule has 4 N–H and O–H groups in total. The van der Waals surface area contributed by atoms with E-state index in [2.05, 4.69) is 10.6 Å². The second-order valence-corrected chi connectivity index (χ2v) is 9.34. The van der Waals surface area contributed by atoms with Gasteiger partial charge in [-0.15, -0.1) is 0 Å². The molecule has 2 aromatic carbocycles. The van der Waals surface area contributed by atoms with E-state index in [0.29, 0.717) is 58.5 Å². The highest BCUT2D eigenvalue weighted by atomic mass is 35.5. The van der Waals surface area contributed by atoms with Crippen molar-refractivity contribution in [3.63, 3.8) is 0 Å². The molecule has 0 aliphatic rings. The summed E-state index contributed by atoms with van der Waals surface area (Å²) in [6.07, 6.45) is -0.0407. The van der Waals surface area contributed by atoms with E-state index in [9.17, 15) is 24.6 Å². The topological polar surface area (TPSA) is 139 Å². The lowest BCUT2D eigenvalue weighted by Crippen LogP contribution is -2.37. The predicted molar refractivity (Wildman–Crippen MR) is 153 cm³/mol. The molecular weight excluding hydrogens is 538 g/mol. The predicted octanol–water partition coefficient (Wildman–Crippen LogP) is 5.26. The van der Waals surface area contributed by atoms with Crippen molar-refractivity contribution in [1.82, 2.24) is 9.88 Å². The van der Waals surface area contributed by atoms with Gasteiger partial charge < -0.3 is 34.9 Å². The summed E-state index contributed by atoms with van der Waals surface area (Å²) in [4.78, 5) is 38.3. The Bertz CT molecular complexity index is 1440. The fourth-order valence-corrected chi connectivity index (χ4v) is 4.69. The maximum atomic E-state index is 13.6. The van der Waals surface area contributed by atoms with Gasteiger partial charge in [-0.05, 0) is 57.0 Å². The molecule has 11 heteroatoms. The molecule has 0 fully saturated rings. The Kier molecular flexibility index (Phi) is 10.4. The Labute approximate surface area is 237 Å². The number of benzene rings is 2. The number of carbonyl (C=O) groups excluding carboxylic acids is 1. The summed E-state index contributed by atoms with van der Waals surface area (Å²) in [7, 11) is 0. The molecule has 0 spiro atoms. The molecule has 1 atom stereocenters. The van der Waals surface area contributed by atoms with E-state index >= 15 is 0 Å². The Morgan fingerprint density at radius 2 is 1.75 bits per heavy atom. The Balaban J connectivity index is 1.99. The average Bonchev–Trinajstić information content (AvgIpc) is 2.90. The first kappa shape index (κ1) is 30.4. The molecular formula is C29H34ClN3O7. The standard InChI is InChI=1S/C29H34ClN3O7/c1-5-20-17(4)33(16-21-22(30)12-9-13-24(21)40-7-3)28(37)26(27(20)36)32-29(38)31-23(15-25(34)35)18-10-8-11-19(14-18)39-6-2/h8-14,23,36H,5-7,15-16H2,1-4H3,(H,34,35)(H2,31,32,38)/t23-/m0/s1.